The summed E-state index contributed by atoms with van der Waals surface area (Å²) < 4.78 is 0. The van der Waals surface area contributed by atoms with Crippen LogP contribution in [0, 0.1) is 5.41 Å². The van der Waals surface area contributed by atoms with E-state index in [9.17, 15) is 9.90 Å². The van der Waals surface area contributed by atoms with E-state index < -0.39 is 6.09 Å². The SMILES string of the molecule is CC(C)(C)C1(NC(=O)O)CCC(N(C2CC2)C2CC2)CC1. The summed E-state index contributed by atoms with van der Waals surface area (Å²) in [5.41, 5.74) is -0.283. The molecule has 3 fully saturated rings. The molecule has 0 radical (unpaired) electrons. The highest BCUT2D eigenvalue weighted by atomic mass is 16.4. The van der Waals surface area contributed by atoms with E-state index in [1.807, 2.05) is 0 Å². The van der Waals surface area contributed by atoms with Gasteiger partial charge in [-0.3, -0.25) is 4.90 Å². The van der Waals surface area contributed by atoms with E-state index in [2.05, 4.69) is 31.0 Å². The van der Waals surface area contributed by atoms with Gasteiger partial charge in [0, 0.05) is 23.7 Å². The van der Waals surface area contributed by atoms with E-state index in [-0.39, 0.29) is 11.0 Å². The molecule has 0 unspecified atom stereocenters. The largest absolute Gasteiger partial charge is 0.465 e. The van der Waals surface area contributed by atoms with Crippen molar-refractivity contribution in [3.8, 4) is 0 Å². The van der Waals surface area contributed by atoms with Crippen molar-refractivity contribution in [2.45, 2.75) is 95.8 Å². The molecule has 0 heterocycles. The predicted molar refractivity (Wildman–Crippen MR) is 83.5 cm³/mol. The Morgan fingerprint density at radius 2 is 1.43 bits per heavy atom. The smallest absolute Gasteiger partial charge is 0.405 e. The normalized spacial score (nSPS) is 34.0. The second-order valence-electron chi connectivity index (χ2n) is 8.40. The highest BCUT2D eigenvalue weighted by molar-refractivity contribution is 5.66. The van der Waals surface area contributed by atoms with Gasteiger partial charge in [-0.05, 0) is 56.8 Å². The minimum Gasteiger partial charge on any atom is -0.465 e. The molecule has 2 N–H and O–H groups in total. The third-order valence-corrected chi connectivity index (χ3v) is 5.95. The van der Waals surface area contributed by atoms with Crippen molar-refractivity contribution in [3.05, 3.63) is 0 Å². The van der Waals surface area contributed by atoms with Crippen molar-refractivity contribution >= 4 is 6.09 Å². The number of carbonyl (C=O) groups is 1. The Bertz CT molecular complexity index is 388. The Labute approximate surface area is 128 Å². The van der Waals surface area contributed by atoms with Gasteiger partial charge in [0.05, 0.1) is 0 Å². The summed E-state index contributed by atoms with van der Waals surface area (Å²) in [6.45, 7) is 6.51. The van der Waals surface area contributed by atoms with E-state index in [4.69, 9.17) is 0 Å². The second kappa shape index (κ2) is 5.15. The summed E-state index contributed by atoms with van der Waals surface area (Å²) in [6.07, 6.45) is 8.89. The molecule has 1 amide bonds. The van der Waals surface area contributed by atoms with Crippen molar-refractivity contribution in [1.82, 2.24) is 10.2 Å². The molecule has 0 aliphatic heterocycles. The quantitative estimate of drug-likeness (QED) is 0.833. The van der Waals surface area contributed by atoms with Crippen LogP contribution in [0.15, 0.2) is 0 Å². The van der Waals surface area contributed by atoms with E-state index in [0.29, 0.717) is 6.04 Å². The van der Waals surface area contributed by atoms with Gasteiger partial charge < -0.3 is 10.4 Å². The average molecular weight is 294 g/mol. The topological polar surface area (TPSA) is 52.6 Å². The Kier molecular flexibility index (Phi) is 3.71. The van der Waals surface area contributed by atoms with Gasteiger partial charge in [-0.25, -0.2) is 4.79 Å². The Morgan fingerprint density at radius 3 is 1.76 bits per heavy atom. The maximum absolute atomic E-state index is 11.2. The number of nitrogens with one attached hydrogen (secondary N) is 1. The van der Waals surface area contributed by atoms with Crippen molar-refractivity contribution in [2.24, 2.45) is 5.41 Å². The molecule has 0 aromatic rings. The molecule has 3 saturated carbocycles. The Hall–Kier alpha value is -0.770. The van der Waals surface area contributed by atoms with Gasteiger partial charge in [0.2, 0.25) is 0 Å². The van der Waals surface area contributed by atoms with Gasteiger partial charge in [0.15, 0.2) is 0 Å². The van der Waals surface area contributed by atoms with Crippen molar-refractivity contribution in [1.29, 1.82) is 0 Å². The summed E-state index contributed by atoms with van der Waals surface area (Å²) in [7, 11) is 0. The zero-order valence-corrected chi connectivity index (χ0v) is 13.7. The molecule has 3 aliphatic carbocycles. The monoisotopic (exact) mass is 294 g/mol. The van der Waals surface area contributed by atoms with Gasteiger partial charge in [-0.2, -0.15) is 0 Å². The fraction of sp³-hybridized carbons (Fsp3) is 0.941. The van der Waals surface area contributed by atoms with Crippen LogP contribution in [0.3, 0.4) is 0 Å². The van der Waals surface area contributed by atoms with Crippen LogP contribution in [0.5, 0.6) is 0 Å². The summed E-state index contributed by atoms with van der Waals surface area (Å²) in [5, 5.41) is 12.1. The minimum absolute atomic E-state index is 0.0274. The summed E-state index contributed by atoms with van der Waals surface area (Å²) in [4.78, 5) is 14.0. The maximum atomic E-state index is 11.2. The highest BCUT2D eigenvalue weighted by Gasteiger charge is 2.49. The molecule has 0 spiro atoms. The van der Waals surface area contributed by atoms with Crippen molar-refractivity contribution in [3.63, 3.8) is 0 Å². The minimum atomic E-state index is -0.871. The molecule has 4 heteroatoms. The first kappa shape index (κ1) is 15.1. The molecule has 21 heavy (non-hydrogen) atoms. The molecule has 0 atom stereocenters. The first-order chi connectivity index (χ1) is 9.82. The van der Waals surface area contributed by atoms with Crippen molar-refractivity contribution < 1.29 is 9.90 Å². The van der Waals surface area contributed by atoms with Gasteiger partial charge in [0.1, 0.15) is 0 Å². The number of carboxylic acid groups (broad SMARTS) is 1. The standard InChI is InChI=1S/C17H30N2O2/c1-16(2,3)17(18-15(20)21)10-8-14(9-11-17)19(12-4-5-12)13-6-7-13/h12-14,18H,4-11H2,1-3H3,(H,20,21). The molecular weight excluding hydrogens is 264 g/mol. The second-order valence-corrected chi connectivity index (χ2v) is 8.40. The predicted octanol–water partition coefficient (Wildman–Crippen LogP) is 3.61. The zero-order valence-electron chi connectivity index (χ0n) is 13.7. The fourth-order valence-corrected chi connectivity index (χ4v) is 4.30. The van der Waals surface area contributed by atoms with Crippen LogP contribution in [0.25, 0.3) is 0 Å². The Morgan fingerprint density at radius 1 is 1.00 bits per heavy atom. The summed E-state index contributed by atoms with van der Waals surface area (Å²) >= 11 is 0. The molecular formula is C17H30N2O2. The summed E-state index contributed by atoms with van der Waals surface area (Å²) in [5.74, 6) is 0. The molecule has 0 aromatic heterocycles. The third kappa shape index (κ3) is 3.05. The van der Waals surface area contributed by atoms with Crippen LogP contribution in [-0.4, -0.2) is 39.8 Å². The number of hydrogen-bond acceptors (Lipinski definition) is 2. The first-order valence-corrected chi connectivity index (χ1v) is 8.61. The molecule has 3 rings (SSSR count). The van der Waals surface area contributed by atoms with Crippen LogP contribution in [0.2, 0.25) is 0 Å². The van der Waals surface area contributed by atoms with Gasteiger partial charge in [-0.1, -0.05) is 20.8 Å². The number of amides is 1. The summed E-state index contributed by atoms with van der Waals surface area (Å²) in [6, 6.07) is 2.38. The maximum Gasteiger partial charge on any atom is 0.405 e. The van der Waals surface area contributed by atoms with Gasteiger partial charge in [0.25, 0.3) is 0 Å². The lowest BCUT2D eigenvalue weighted by Crippen LogP contribution is -2.60. The molecule has 0 bridgehead atoms. The van der Waals surface area contributed by atoms with Crippen molar-refractivity contribution in [2.75, 3.05) is 0 Å². The number of rotatable bonds is 4. The molecule has 0 aromatic carbocycles. The average Bonchev–Trinajstić information content (AvgIpc) is 3.23. The highest BCUT2D eigenvalue weighted by Crippen LogP contribution is 2.47. The van der Waals surface area contributed by atoms with Crippen LogP contribution in [0.1, 0.15) is 72.1 Å². The van der Waals surface area contributed by atoms with E-state index >= 15 is 0 Å². The molecule has 120 valence electrons. The van der Waals surface area contributed by atoms with Crippen LogP contribution >= 0.6 is 0 Å². The third-order valence-electron chi connectivity index (χ3n) is 5.95. The lowest BCUT2D eigenvalue weighted by atomic mass is 9.64. The van der Waals surface area contributed by atoms with Crippen LogP contribution in [0.4, 0.5) is 4.79 Å². The fourth-order valence-electron chi connectivity index (χ4n) is 4.30. The molecule has 3 aliphatic rings. The lowest BCUT2D eigenvalue weighted by Gasteiger charge is -2.50. The van der Waals surface area contributed by atoms with Gasteiger partial charge in [-0.15, -0.1) is 0 Å². The first-order valence-electron chi connectivity index (χ1n) is 8.61. The van der Waals surface area contributed by atoms with E-state index in [0.717, 1.165) is 37.8 Å². The van der Waals surface area contributed by atoms with Crippen LogP contribution in [-0.2, 0) is 0 Å². The number of hydrogen-bond donors (Lipinski definition) is 2. The Balaban J connectivity index is 1.67. The number of nitrogens with zero attached hydrogens (tertiary/aromatic N) is 1. The zero-order chi connectivity index (χ0) is 15.3. The van der Waals surface area contributed by atoms with E-state index in [1.165, 1.54) is 25.7 Å². The molecule has 4 nitrogen and oxygen atoms in total. The lowest BCUT2D eigenvalue weighted by molar-refractivity contribution is 0.0398. The molecule has 0 saturated heterocycles. The van der Waals surface area contributed by atoms with Crippen LogP contribution < -0.4 is 5.32 Å². The van der Waals surface area contributed by atoms with E-state index in [1.54, 1.807) is 0 Å². The van der Waals surface area contributed by atoms with Gasteiger partial charge >= 0.3 is 6.09 Å².